The van der Waals surface area contributed by atoms with Crippen molar-refractivity contribution < 1.29 is 4.79 Å². The van der Waals surface area contributed by atoms with Gasteiger partial charge >= 0.3 is 0 Å². The minimum absolute atomic E-state index is 0.0284. The standard InChI is InChI=1S/C14H19N3O/c15-13-10-17(14(13)18)12-6-4-11(5-7-12)16-8-2-1-3-9-16/h4-7,13H,1-3,8-10,15H2. The molecule has 0 spiro atoms. The SMILES string of the molecule is NC1CN(c2ccc(N3CCCCC3)cc2)C1=O. The Hall–Kier alpha value is -1.55. The van der Waals surface area contributed by atoms with Gasteiger partial charge in [0.2, 0.25) is 5.91 Å². The van der Waals surface area contributed by atoms with Crippen molar-refractivity contribution >= 4 is 17.3 Å². The van der Waals surface area contributed by atoms with Crippen molar-refractivity contribution in [2.24, 2.45) is 5.73 Å². The summed E-state index contributed by atoms with van der Waals surface area (Å²) in [6.45, 7) is 2.93. The predicted octanol–water partition coefficient (Wildman–Crippen LogP) is 1.35. The van der Waals surface area contributed by atoms with E-state index in [9.17, 15) is 4.79 Å². The third-order valence-electron chi connectivity index (χ3n) is 3.85. The Morgan fingerprint density at radius 1 is 1.00 bits per heavy atom. The lowest BCUT2D eigenvalue weighted by Crippen LogP contribution is -2.61. The van der Waals surface area contributed by atoms with Gasteiger partial charge in [0.1, 0.15) is 6.04 Å². The highest BCUT2D eigenvalue weighted by molar-refractivity contribution is 6.03. The van der Waals surface area contributed by atoms with E-state index in [1.807, 2.05) is 12.1 Å². The maximum Gasteiger partial charge on any atom is 0.245 e. The number of β-lactam (4-membered cyclic amide) rings is 1. The molecule has 0 aliphatic carbocycles. The van der Waals surface area contributed by atoms with Crippen LogP contribution in [0.4, 0.5) is 11.4 Å². The maximum absolute atomic E-state index is 11.5. The zero-order chi connectivity index (χ0) is 12.5. The van der Waals surface area contributed by atoms with Gasteiger partial charge < -0.3 is 15.5 Å². The van der Waals surface area contributed by atoms with Crippen LogP contribution < -0.4 is 15.5 Å². The molecule has 2 N–H and O–H groups in total. The molecule has 0 radical (unpaired) electrons. The van der Waals surface area contributed by atoms with E-state index in [2.05, 4.69) is 17.0 Å². The molecule has 2 aliphatic heterocycles. The van der Waals surface area contributed by atoms with Crippen molar-refractivity contribution in [3.05, 3.63) is 24.3 Å². The van der Waals surface area contributed by atoms with Crippen LogP contribution in [0, 0.1) is 0 Å². The van der Waals surface area contributed by atoms with Crippen LogP contribution in [0.25, 0.3) is 0 Å². The summed E-state index contributed by atoms with van der Waals surface area (Å²) in [7, 11) is 0. The Kier molecular flexibility index (Phi) is 2.96. The fourth-order valence-corrected chi connectivity index (χ4v) is 2.68. The van der Waals surface area contributed by atoms with Gasteiger partial charge in [0, 0.05) is 24.5 Å². The molecule has 18 heavy (non-hydrogen) atoms. The molecule has 1 aromatic rings. The maximum atomic E-state index is 11.5. The first kappa shape index (κ1) is 11.5. The number of amides is 1. The Morgan fingerprint density at radius 3 is 2.17 bits per heavy atom. The fourth-order valence-electron chi connectivity index (χ4n) is 2.68. The number of nitrogens with zero attached hydrogens (tertiary/aromatic N) is 2. The van der Waals surface area contributed by atoms with E-state index in [1.165, 1.54) is 24.9 Å². The van der Waals surface area contributed by atoms with Gasteiger partial charge in [-0.25, -0.2) is 0 Å². The zero-order valence-corrected chi connectivity index (χ0v) is 10.5. The van der Waals surface area contributed by atoms with Gasteiger partial charge in [-0.2, -0.15) is 0 Å². The summed E-state index contributed by atoms with van der Waals surface area (Å²) in [5, 5.41) is 0. The molecule has 0 saturated carbocycles. The topological polar surface area (TPSA) is 49.6 Å². The van der Waals surface area contributed by atoms with Gasteiger partial charge in [-0.05, 0) is 43.5 Å². The highest BCUT2D eigenvalue weighted by Crippen LogP contribution is 2.26. The minimum atomic E-state index is -0.299. The molecule has 0 aromatic heterocycles. The summed E-state index contributed by atoms with van der Waals surface area (Å²) in [5.41, 5.74) is 7.82. The largest absolute Gasteiger partial charge is 0.372 e. The van der Waals surface area contributed by atoms with Crippen LogP contribution in [0.5, 0.6) is 0 Å². The molecule has 0 bridgehead atoms. The van der Waals surface area contributed by atoms with Gasteiger partial charge in [-0.3, -0.25) is 4.79 Å². The number of anilines is 2. The number of hydrogen-bond acceptors (Lipinski definition) is 3. The van der Waals surface area contributed by atoms with Crippen molar-refractivity contribution in [2.75, 3.05) is 29.4 Å². The lowest BCUT2D eigenvalue weighted by atomic mass is 10.1. The quantitative estimate of drug-likeness (QED) is 0.800. The Bertz CT molecular complexity index is 437. The molecular formula is C14H19N3O. The van der Waals surface area contributed by atoms with Crippen molar-refractivity contribution in [3.63, 3.8) is 0 Å². The van der Waals surface area contributed by atoms with Crippen molar-refractivity contribution in [2.45, 2.75) is 25.3 Å². The highest BCUT2D eigenvalue weighted by Gasteiger charge is 2.34. The number of nitrogens with two attached hydrogens (primary N) is 1. The van der Waals surface area contributed by atoms with Crippen LogP contribution in [0.1, 0.15) is 19.3 Å². The summed E-state index contributed by atoms with van der Waals surface area (Å²) in [4.78, 5) is 15.7. The normalized spacial score (nSPS) is 24.1. The molecule has 1 unspecified atom stereocenters. The Balaban J connectivity index is 1.71. The molecule has 2 aliphatic rings. The number of rotatable bonds is 2. The van der Waals surface area contributed by atoms with E-state index in [0.717, 1.165) is 18.8 Å². The summed E-state index contributed by atoms with van der Waals surface area (Å²) in [6.07, 6.45) is 3.90. The molecule has 1 aromatic carbocycles. The number of carbonyl (C=O) groups excluding carboxylic acids is 1. The van der Waals surface area contributed by atoms with Crippen LogP contribution in [-0.2, 0) is 4.79 Å². The summed E-state index contributed by atoms with van der Waals surface area (Å²) in [6, 6.07) is 7.96. The first-order chi connectivity index (χ1) is 8.75. The highest BCUT2D eigenvalue weighted by atomic mass is 16.2. The number of benzene rings is 1. The first-order valence-electron chi connectivity index (χ1n) is 6.68. The second-order valence-corrected chi connectivity index (χ2v) is 5.12. The zero-order valence-electron chi connectivity index (χ0n) is 10.5. The number of hydrogen-bond donors (Lipinski definition) is 1. The molecule has 2 saturated heterocycles. The molecule has 1 amide bonds. The van der Waals surface area contributed by atoms with Crippen molar-refractivity contribution in [1.82, 2.24) is 0 Å². The Labute approximate surface area is 107 Å². The van der Waals surface area contributed by atoms with E-state index in [1.54, 1.807) is 4.90 Å². The van der Waals surface area contributed by atoms with E-state index < -0.39 is 0 Å². The van der Waals surface area contributed by atoms with Gasteiger partial charge in [0.25, 0.3) is 0 Å². The van der Waals surface area contributed by atoms with E-state index >= 15 is 0 Å². The fraction of sp³-hybridized carbons (Fsp3) is 0.500. The second-order valence-electron chi connectivity index (χ2n) is 5.12. The molecule has 3 rings (SSSR count). The molecule has 2 heterocycles. The first-order valence-corrected chi connectivity index (χ1v) is 6.68. The minimum Gasteiger partial charge on any atom is -0.372 e. The average molecular weight is 245 g/mol. The molecule has 1 atom stereocenters. The predicted molar refractivity (Wildman–Crippen MR) is 72.8 cm³/mol. The summed E-state index contributed by atoms with van der Waals surface area (Å²) >= 11 is 0. The molecular weight excluding hydrogens is 226 g/mol. The second kappa shape index (κ2) is 4.61. The lowest BCUT2D eigenvalue weighted by molar-refractivity contribution is -0.123. The van der Waals surface area contributed by atoms with Gasteiger partial charge in [-0.1, -0.05) is 0 Å². The summed E-state index contributed by atoms with van der Waals surface area (Å²) < 4.78 is 0. The van der Waals surface area contributed by atoms with Gasteiger partial charge in [-0.15, -0.1) is 0 Å². The van der Waals surface area contributed by atoms with Gasteiger partial charge in [0.15, 0.2) is 0 Å². The van der Waals surface area contributed by atoms with E-state index in [-0.39, 0.29) is 11.9 Å². The smallest absolute Gasteiger partial charge is 0.245 e. The average Bonchev–Trinajstić information content (AvgIpc) is 2.45. The van der Waals surface area contributed by atoms with Crippen LogP contribution in [0.3, 0.4) is 0 Å². The third kappa shape index (κ3) is 1.97. The van der Waals surface area contributed by atoms with Crippen LogP contribution in [0.15, 0.2) is 24.3 Å². The van der Waals surface area contributed by atoms with Crippen molar-refractivity contribution in [3.8, 4) is 0 Å². The lowest BCUT2D eigenvalue weighted by Gasteiger charge is -2.36. The van der Waals surface area contributed by atoms with Crippen LogP contribution >= 0.6 is 0 Å². The summed E-state index contributed by atoms with van der Waals surface area (Å²) in [5.74, 6) is 0.0284. The van der Waals surface area contributed by atoms with E-state index in [4.69, 9.17) is 5.73 Å². The van der Waals surface area contributed by atoms with Crippen molar-refractivity contribution in [1.29, 1.82) is 0 Å². The monoisotopic (exact) mass is 245 g/mol. The molecule has 96 valence electrons. The number of piperidine rings is 1. The Morgan fingerprint density at radius 2 is 1.61 bits per heavy atom. The van der Waals surface area contributed by atoms with Crippen LogP contribution in [0.2, 0.25) is 0 Å². The molecule has 2 fully saturated rings. The van der Waals surface area contributed by atoms with Crippen LogP contribution in [-0.4, -0.2) is 31.6 Å². The molecule has 4 nitrogen and oxygen atoms in total. The van der Waals surface area contributed by atoms with E-state index in [0.29, 0.717) is 6.54 Å². The molecule has 4 heteroatoms. The number of carbonyl (C=O) groups is 1. The van der Waals surface area contributed by atoms with Gasteiger partial charge in [0.05, 0.1) is 6.54 Å². The third-order valence-corrected chi connectivity index (χ3v) is 3.85.